The van der Waals surface area contributed by atoms with Crippen LogP contribution in [0.4, 0.5) is 9.59 Å². The second kappa shape index (κ2) is 11.2. The molecule has 4 rings (SSSR count). The van der Waals surface area contributed by atoms with E-state index in [1.54, 1.807) is 0 Å². The number of carboxylic acids is 2. The van der Waals surface area contributed by atoms with E-state index < -0.39 is 23.1 Å². The largest absolute Gasteiger partial charge is 0.543 e. The number of nitrogens with one attached hydrogen (secondary N) is 2. The van der Waals surface area contributed by atoms with Crippen molar-refractivity contribution in [2.75, 3.05) is 39.3 Å². The van der Waals surface area contributed by atoms with E-state index in [4.69, 9.17) is 29.3 Å². The number of carbonyl (C=O) groups excluding carboxylic acids is 4. The minimum absolute atomic E-state index is 0.0718. The second-order valence-corrected chi connectivity index (χ2v) is 11.7. The summed E-state index contributed by atoms with van der Waals surface area (Å²) in [6.07, 6.45) is 4.11. The molecule has 0 atom stereocenters. The summed E-state index contributed by atoms with van der Waals surface area (Å²) in [6.45, 7) is 16.8. The van der Waals surface area contributed by atoms with Gasteiger partial charge in [0.05, 0.1) is 23.0 Å². The number of carboxylic acid groups (broad SMARTS) is 2. The van der Waals surface area contributed by atoms with Gasteiger partial charge in [-0.3, -0.25) is 9.80 Å². The molecule has 12 nitrogen and oxygen atoms in total. The molecule has 2 amide bonds. The van der Waals surface area contributed by atoms with E-state index in [0.717, 1.165) is 65.0 Å². The van der Waals surface area contributed by atoms with Crippen LogP contribution >= 0.6 is 0 Å². The number of ether oxygens (including phenoxy) is 2. The molecule has 36 heavy (non-hydrogen) atoms. The highest BCUT2D eigenvalue weighted by Gasteiger charge is 2.50. The van der Waals surface area contributed by atoms with Crippen LogP contribution in [0.25, 0.3) is 0 Å². The van der Waals surface area contributed by atoms with E-state index in [-0.39, 0.29) is 23.3 Å². The van der Waals surface area contributed by atoms with Gasteiger partial charge in [0.1, 0.15) is 11.2 Å². The first-order valence-corrected chi connectivity index (χ1v) is 12.4. The Bertz CT molecular complexity index is 757. The fourth-order valence-corrected chi connectivity index (χ4v) is 4.64. The molecule has 4 heterocycles. The number of rotatable bonds is 0. The van der Waals surface area contributed by atoms with Crippen LogP contribution in [-0.4, -0.2) is 95.5 Å². The van der Waals surface area contributed by atoms with Crippen molar-refractivity contribution in [2.24, 2.45) is 0 Å². The first-order valence-electron chi connectivity index (χ1n) is 12.4. The average molecular weight is 513 g/mol. The van der Waals surface area contributed by atoms with Crippen LogP contribution in [0.15, 0.2) is 0 Å². The minimum atomic E-state index is -2.19. The molecule has 2 N–H and O–H groups in total. The first-order chi connectivity index (χ1) is 16.5. The Morgan fingerprint density at radius 3 is 1.17 bits per heavy atom. The highest BCUT2D eigenvalue weighted by molar-refractivity contribution is 6.25. The normalized spacial score (nSPS) is 21.3. The van der Waals surface area contributed by atoms with Crippen LogP contribution in [0, 0.1) is 0 Å². The summed E-state index contributed by atoms with van der Waals surface area (Å²) in [5, 5.41) is 24.3. The van der Waals surface area contributed by atoms with Crippen molar-refractivity contribution in [2.45, 2.75) is 89.5 Å². The Morgan fingerprint density at radius 2 is 0.972 bits per heavy atom. The van der Waals surface area contributed by atoms with Crippen molar-refractivity contribution < 1.29 is 38.9 Å². The lowest BCUT2D eigenvalue weighted by atomic mass is 9.90. The van der Waals surface area contributed by atoms with Crippen molar-refractivity contribution in [3.63, 3.8) is 0 Å². The zero-order valence-corrected chi connectivity index (χ0v) is 22.2. The van der Waals surface area contributed by atoms with Crippen LogP contribution in [0.5, 0.6) is 0 Å². The quantitative estimate of drug-likeness (QED) is 0.393. The number of amides is 2. The van der Waals surface area contributed by atoms with E-state index in [2.05, 4.69) is 10.6 Å². The smallest absolute Gasteiger partial charge is 0.410 e. The predicted octanol–water partition coefficient (Wildman–Crippen LogP) is -0.795. The molecule has 0 saturated carbocycles. The molecule has 4 fully saturated rings. The number of carbonyl (C=O) groups is 4. The SMILES string of the molecule is CC(C)(C)OC(=O)N1CCCC12CNC2.CC(C)(C)OC(=O)N1CCCC12CNC2.O=C([O-])C(=O)[O-]. The highest BCUT2D eigenvalue weighted by Crippen LogP contribution is 2.34. The summed E-state index contributed by atoms with van der Waals surface area (Å²) in [6, 6.07) is 0. The first kappa shape index (κ1) is 29.6. The molecule has 4 aliphatic heterocycles. The maximum Gasteiger partial charge on any atom is 0.410 e. The molecule has 0 aromatic carbocycles. The molecule has 2 spiro atoms. The zero-order valence-electron chi connectivity index (χ0n) is 22.2. The van der Waals surface area contributed by atoms with Crippen LogP contribution < -0.4 is 20.8 Å². The monoisotopic (exact) mass is 512 g/mol. The molecule has 0 aromatic heterocycles. The lowest BCUT2D eigenvalue weighted by molar-refractivity contribution is -0.345. The van der Waals surface area contributed by atoms with Crippen molar-refractivity contribution in [3.8, 4) is 0 Å². The van der Waals surface area contributed by atoms with E-state index in [0.29, 0.717) is 0 Å². The van der Waals surface area contributed by atoms with Crippen LogP contribution in [0.3, 0.4) is 0 Å². The van der Waals surface area contributed by atoms with Crippen molar-refractivity contribution in [1.82, 2.24) is 20.4 Å². The summed E-state index contributed by atoms with van der Waals surface area (Å²) in [5.74, 6) is -4.37. The number of hydrogen-bond donors (Lipinski definition) is 2. The fraction of sp³-hybridized carbons (Fsp3) is 0.833. The van der Waals surface area contributed by atoms with Crippen LogP contribution in [-0.2, 0) is 19.1 Å². The zero-order chi connectivity index (χ0) is 27.4. The van der Waals surface area contributed by atoms with Crippen molar-refractivity contribution in [3.05, 3.63) is 0 Å². The summed E-state index contributed by atoms with van der Waals surface area (Å²) < 4.78 is 10.8. The van der Waals surface area contributed by atoms with Gasteiger partial charge in [0.25, 0.3) is 0 Å². The summed E-state index contributed by atoms with van der Waals surface area (Å²) in [5.41, 5.74) is -0.638. The van der Waals surface area contributed by atoms with Gasteiger partial charge in [0, 0.05) is 39.3 Å². The topological polar surface area (TPSA) is 163 Å². The number of nitrogens with zero attached hydrogens (tertiary/aromatic N) is 2. The molecule has 0 aliphatic carbocycles. The third kappa shape index (κ3) is 7.70. The molecule has 12 heteroatoms. The van der Waals surface area contributed by atoms with Gasteiger partial charge in [-0.15, -0.1) is 0 Å². The molecule has 4 saturated heterocycles. The van der Waals surface area contributed by atoms with Gasteiger partial charge in [0.15, 0.2) is 0 Å². The fourth-order valence-electron chi connectivity index (χ4n) is 4.64. The Morgan fingerprint density at radius 1 is 0.667 bits per heavy atom. The number of hydrogen-bond acceptors (Lipinski definition) is 10. The predicted molar refractivity (Wildman–Crippen MR) is 126 cm³/mol. The Labute approximate surface area is 212 Å². The van der Waals surface area contributed by atoms with E-state index >= 15 is 0 Å². The lowest BCUT2D eigenvalue weighted by Crippen LogP contribution is -2.67. The number of aliphatic carboxylic acids is 2. The van der Waals surface area contributed by atoms with E-state index in [1.807, 2.05) is 51.3 Å². The molecule has 0 aromatic rings. The average Bonchev–Trinajstić information content (AvgIpc) is 3.31. The van der Waals surface area contributed by atoms with Crippen molar-refractivity contribution in [1.29, 1.82) is 0 Å². The molecule has 206 valence electrons. The third-order valence-corrected chi connectivity index (χ3v) is 6.40. The van der Waals surface area contributed by atoms with Crippen LogP contribution in [0.1, 0.15) is 67.2 Å². The van der Waals surface area contributed by atoms with Gasteiger partial charge in [-0.1, -0.05) is 0 Å². The van der Waals surface area contributed by atoms with E-state index in [1.165, 1.54) is 0 Å². The summed E-state index contributed by atoms with van der Waals surface area (Å²) in [7, 11) is 0. The van der Waals surface area contributed by atoms with Gasteiger partial charge in [-0.05, 0) is 67.2 Å². The second-order valence-electron chi connectivity index (χ2n) is 11.7. The molecule has 4 aliphatic rings. The maximum absolute atomic E-state index is 11.9. The van der Waals surface area contributed by atoms with E-state index in [9.17, 15) is 9.59 Å². The van der Waals surface area contributed by atoms with Crippen molar-refractivity contribution >= 4 is 24.1 Å². The van der Waals surface area contributed by atoms with Gasteiger partial charge in [-0.2, -0.15) is 0 Å². The maximum atomic E-state index is 11.9. The lowest BCUT2D eigenvalue weighted by Gasteiger charge is -2.46. The third-order valence-electron chi connectivity index (χ3n) is 6.40. The standard InChI is InChI=1S/2C11H20N2O2.C2H2O4/c2*1-10(2,3)15-9(14)13-6-4-5-11(13)7-12-8-11;3-1(4)2(5)6/h2*12H,4-8H2,1-3H3;(H,3,4)(H,5,6)/p-2. The van der Waals surface area contributed by atoms with Gasteiger partial charge >= 0.3 is 12.2 Å². The number of likely N-dealkylation sites (tertiary alicyclic amines) is 2. The Kier molecular flexibility index (Phi) is 9.22. The molecule has 0 unspecified atom stereocenters. The molecular weight excluding hydrogens is 472 g/mol. The molecule has 0 radical (unpaired) electrons. The minimum Gasteiger partial charge on any atom is -0.543 e. The summed E-state index contributed by atoms with van der Waals surface area (Å²) in [4.78, 5) is 45.6. The molecular formula is C24H40N4O8-2. The van der Waals surface area contributed by atoms with Gasteiger partial charge < -0.3 is 39.9 Å². The van der Waals surface area contributed by atoms with Gasteiger partial charge in [0.2, 0.25) is 0 Å². The Hall–Kier alpha value is -2.60. The highest BCUT2D eigenvalue weighted by atomic mass is 16.6. The van der Waals surface area contributed by atoms with Gasteiger partial charge in [-0.25, -0.2) is 9.59 Å². The molecule has 0 bridgehead atoms. The summed E-state index contributed by atoms with van der Waals surface area (Å²) >= 11 is 0. The van der Waals surface area contributed by atoms with Crippen LogP contribution in [0.2, 0.25) is 0 Å². The Balaban J connectivity index is 0.000000208.